The predicted octanol–water partition coefficient (Wildman–Crippen LogP) is -1.46. The second-order valence-electron chi connectivity index (χ2n) is 1.02. The second-order valence-corrected chi connectivity index (χ2v) is 1.60. The number of aliphatic carboxylic acids is 2. The highest BCUT2D eigenvalue weighted by molar-refractivity contribution is 7.70. The molecule has 0 saturated heterocycles. The monoisotopic (exact) mass is 150 g/mol. The highest BCUT2D eigenvalue weighted by Crippen LogP contribution is 1.71. The van der Waals surface area contributed by atoms with E-state index in [1.165, 1.54) is 0 Å². The van der Waals surface area contributed by atoms with Crippen molar-refractivity contribution in [1.29, 1.82) is 0 Å². The summed E-state index contributed by atoms with van der Waals surface area (Å²) in [6.45, 7) is 0. The zero-order valence-corrected chi connectivity index (χ0v) is 4.84. The molecule has 9 heavy (non-hydrogen) atoms. The summed E-state index contributed by atoms with van der Waals surface area (Å²) in [5.41, 5.74) is 0. The van der Waals surface area contributed by atoms with E-state index < -0.39 is 28.1 Å². The van der Waals surface area contributed by atoms with Crippen LogP contribution in [-0.2, 0) is 20.8 Å². The topological polar surface area (TPSA) is 91.7 Å². The molecule has 5 nitrogen and oxygen atoms in total. The van der Waals surface area contributed by atoms with Gasteiger partial charge in [-0.1, -0.05) is 0 Å². The number of carbonyl (C=O) groups is 2. The Kier molecular flexibility index (Phi) is 2.59. The molecule has 0 aliphatic rings. The van der Waals surface area contributed by atoms with Crippen LogP contribution in [0.15, 0.2) is 0 Å². The predicted molar refractivity (Wildman–Crippen MR) is 28.4 cm³/mol. The largest absolute Gasteiger partial charge is 0.477 e. The molecule has 50 valence electrons. The van der Waals surface area contributed by atoms with Gasteiger partial charge in [-0.25, -0.2) is 13.8 Å². The van der Waals surface area contributed by atoms with Crippen LogP contribution in [0.4, 0.5) is 0 Å². The van der Waals surface area contributed by atoms with E-state index in [1.807, 2.05) is 0 Å². The lowest BCUT2D eigenvalue weighted by Crippen LogP contribution is -2.22. The molecule has 0 saturated carbocycles. The van der Waals surface area contributed by atoms with Gasteiger partial charge in [-0.15, -0.1) is 0 Å². The van der Waals surface area contributed by atoms with E-state index in [1.54, 1.807) is 0 Å². The number of carboxylic acids is 2. The fraction of sp³-hybridized carbons (Fsp3) is 0. The van der Waals surface area contributed by atoms with Gasteiger partial charge in [0.2, 0.25) is 4.86 Å². The lowest BCUT2D eigenvalue weighted by Gasteiger charge is -1.83. The van der Waals surface area contributed by atoms with Crippen molar-refractivity contribution in [3.05, 3.63) is 0 Å². The highest BCUT2D eigenvalue weighted by Gasteiger charge is 2.16. The smallest absolute Gasteiger partial charge is 0.356 e. The van der Waals surface area contributed by atoms with E-state index in [0.717, 1.165) is 0 Å². The van der Waals surface area contributed by atoms with Crippen molar-refractivity contribution in [3.8, 4) is 0 Å². The summed E-state index contributed by atoms with van der Waals surface area (Å²) in [4.78, 5) is 18.4. The van der Waals surface area contributed by atoms with Gasteiger partial charge in [0.05, 0.1) is 0 Å². The van der Waals surface area contributed by atoms with E-state index in [0.29, 0.717) is 0 Å². The molecule has 0 aromatic heterocycles. The van der Waals surface area contributed by atoms with Gasteiger partial charge in [0.15, 0.2) is 0 Å². The number of carboxylic acid groups (broad SMARTS) is 2. The van der Waals surface area contributed by atoms with Gasteiger partial charge >= 0.3 is 11.9 Å². The lowest BCUT2D eigenvalue weighted by atomic mass is 10.4. The maximum Gasteiger partial charge on any atom is 0.356 e. The van der Waals surface area contributed by atoms with Crippen molar-refractivity contribution >= 4 is 28.1 Å². The van der Waals surface area contributed by atoms with Gasteiger partial charge in [0.25, 0.3) is 0 Å². The maximum absolute atomic E-state index is 9.73. The Morgan fingerprint density at radius 3 is 1.44 bits per heavy atom. The van der Waals surface area contributed by atoms with E-state index in [9.17, 15) is 13.8 Å². The van der Waals surface area contributed by atoms with Crippen LogP contribution in [0.25, 0.3) is 0 Å². The third-order valence-corrected chi connectivity index (χ3v) is 0.988. The first kappa shape index (κ1) is 7.83. The van der Waals surface area contributed by atoms with Crippen molar-refractivity contribution in [1.82, 2.24) is 0 Å². The average Bonchev–Trinajstić information content (AvgIpc) is 1.64. The summed E-state index contributed by atoms with van der Waals surface area (Å²) in [7, 11) is 0. The first-order valence-corrected chi connectivity index (χ1v) is 2.47. The summed E-state index contributed by atoms with van der Waals surface area (Å²) < 4.78 is 9.63. The first-order valence-electron chi connectivity index (χ1n) is 1.73. The molecule has 6 heteroatoms. The Bertz CT molecular complexity index is 184. The average molecular weight is 150 g/mol. The minimum absolute atomic E-state index is 0.546. The zero-order valence-electron chi connectivity index (χ0n) is 4.03. The zero-order chi connectivity index (χ0) is 7.44. The molecule has 0 amide bonds. The van der Waals surface area contributed by atoms with Crippen LogP contribution in [0.2, 0.25) is 0 Å². The second kappa shape index (κ2) is 2.98. The summed E-state index contributed by atoms with van der Waals surface area (Å²) in [6, 6.07) is 0. The molecule has 0 aromatic carbocycles. The van der Waals surface area contributed by atoms with Gasteiger partial charge < -0.3 is 10.2 Å². The number of rotatable bonds is 2. The Hall–Kier alpha value is -1.17. The quantitative estimate of drug-likeness (QED) is 0.371. The van der Waals surface area contributed by atoms with Crippen molar-refractivity contribution < 1.29 is 24.0 Å². The molecule has 0 fully saturated rings. The molecule has 0 spiro atoms. The maximum atomic E-state index is 9.73. The number of hydrogen-bond donors (Lipinski definition) is 2. The fourth-order valence-electron chi connectivity index (χ4n) is 0.163. The van der Waals surface area contributed by atoms with Crippen molar-refractivity contribution in [2.45, 2.75) is 0 Å². The molecule has 0 unspecified atom stereocenters. The Balaban J connectivity index is 4.59. The van der Waals surface area contributed by atoms with Gasteiger partial charge in [0.1, 0.15) is 11.3 Å². The van der Waals surface area contributed by atoms with Crippen molar-refractivity contribution in [2.75, 3.05) is 0 Å². The van der Waals surface area contributed by atoms with Gasteiger partial charge in [0, 0.05) is 0 Å². The molecule has 0 radical (unpaired) electrons. The third-order valence-electron chi connectivity index (χ3n) is 0.472. The van der Waals surface area contributed by atoms with Crippen LogP contribution in [0.3, 0.4) is 0 Å². The number of hydrogen-bond acceptors (Lipinski definition) is 3. The molecular formula is C3H2O5S. The Morgan fingerprint density at radius 2 is 1.44 bits per heavy atom. The van der Waals surface area contributed by atoms with Gasteiger partial charge in [-0.2, -0.15) is 0 Å². The minimum atomic E-state index is -1.71. The Morgan fingerprint density at radius 1 is 1.11 bits per heavy atom. The Labute approximate surface area is 53.0 Å². The van der Waals surface area contributed by atoms with Crippen LogP contribution >= 0.6 is 0 Å². The van der Waals surface area contributed by atoms with Crippen LogP contribution in [0.1, 0.15) is 0 Å². The molecule has 0 aliphatic carbocycles. The minimum Gasteiger partial charge on any atom is -0.477 e. The molecule has 0 bridgehead atoms. The molecule has 0 aliphatic heterocycles. The van der Waals surface area contributed by atoms with Crippen LogP contribution in [0.5, 0.6) is 0 Å². The molecule has 0 heterocycles. The lowest BCUT2D eigenvalue weighted by molar-refractivity contribution is -0.134. The van der Waals surface area contributed by atoms with E-state index in [2.05, 4.69) is 0 Å². The fourth-order valence-corrected chi connectivity index (χ4v) is 0.305. The van der Waals surface area contributed by atoms with Gasteiger partial charge in [-0.05, 0) is 0 Å². The van der Waals surface area contributed by atoms with Crippen LogP contribution < -0.4 is 0 Å². The molecule has 2 N–H and O–H groups in total. The summed E-state index contributed by atoms with van der Waals surface area (Å²) in [6.07, 6.45) is 0. The van der Waals surface area contributed by atoms with E-state index >= 15 is 0 Å². The standard InChI is InChI=1S/C3H2O5S/c4-2(5)1(9-8)3(6)7/h(H,4,5)(H,6,7). The highest BCUT2D eigenvalue weighted by atomic mass is 32.1. The third kappa shape index (κ3) is 2.04. The summed E-state index contributed by atoms with van der Waals surface area (Å²) in [5, 5.41) is 15.8. The molecule has 0 atom stereocenters. The molecule has 0 rings (SSSR count). The van der Waals surface area contributed by atoms with Crippen molar-refractivity contribution in [2.24, 2.45) is 0 Å². The first-order chi connectivity index (χ1) is 4.09. The van der Waals surface area contributed by atoms with Crippen LogP contribution in [-0.4, -0.2) is 31.2 Å². The SMILES string of the molecule is O=S=C(C(=O)O)C(=O)O. The molecular weight excluding hydrogens is 148 g/mol. The van der Waals surface area contributed by atoms with E-state index in [-0.39, 0.29) is 0 Å². The van der Waals surface area contributed by atoms with E-state index in [4.69, 9.17) is 10.2 Å². The van der Waals surface area contributed by atoms with Crippen LogP contribution in [0, 0.1) is 0 Å². The van der Waals surface area contributed by atoms with Crippen molar-refractivity contribution in [3.63, 3.8) is 0 Å². The summed E-state index contributed by atoms with van der Waals surface area (Å²) >= 11 is -0.546. The normalized spacial score (nSPS) is 8.00. The molecule has 0 aromatic rings. The summed E-state index contributed by atoms with van der Waals surface area (Å²) in [5.74, 6) is -3.41. The van der Waals surface area contributed by atoms with Gasteiger partial charge in [-0.3, -0.25) is 0 Å².